The number of esters is 1. The molecule has 2 aromatic carbocycles. The molecule has 4 aromatic rings. The average molecular weight is 669 g/mol. The second-order valence-corrected chi connectivity index (χ2v) is 13.1. The van der Waals surface area contributed by atoms with E-state index in [0.717, 1.165) is 36.4 Å². The molecule has 3 aliphatic heterocycles. The largest absolute Gasteiger partial charge is 0.502 e. The maximum absolute atomic E-state index is 13.1. The first-order valence-corrected chi connectivity index (χ1v) is 16.7. The van der Waals surface area contributed by atoms with Crippen LogP contribution in [0.2, 0.25) is 0 Å². The lowest BCUT2D eigenvalue weighted by Gasteiger charge is -2.42. The van der Waals surface area contributed by atoms with Gasteiger partial charge >= 0.3 is 5.97 Å². The summed E-state index contributed by atoms with van der Waals surface area (Å²) < 4.78 is 30.5. The van der Waals surface area contributed by atoms with E-state index in [1.54, 1.807) is 30.3 Å². The Bertz CT molecular complexity index is 1980. The quantitative estimate of drug-likeness (QED) is 0.230. The number of hydrogen-bond donors (Lipinski definition) is 1. The SMILES string of the molecule is COC(=O)C[C@@H](c1ccc(OCCc2ccc3c(c2)CCO3)c(OC)c1)c1oc(CN2C[C@H]3C[C@@H](C2)c2cccc(=O)n2C3)cc(=O)c1O. The van der Waals surface area contributed by atoms with Crippen LogP contribution in [0.15, 0.2) is 74.7 Å². The van der Waals surface area contributed by atoms with Gasteiger partial charge in [0.2, 0.25) is 11.2 Å². The third-order valence-corrected chi connectivity index (χ3v) is 9.84. The summed E-state index contributed by atoms with van der Waals surface area (Å²) in [5, 5.41) is 11.0. The number of aromatic nitrogens is 1. The molecule has 1 fully saturated rings. The van der Waals surface area contributed by atoms with Gasteiger partial charge in [0.1, 0.15) is 11.5 Å². The van der Waals surface area contributed by atoms with Gasteiger partial charge in [0, 0.05) is 56.2 Å². The number of aromatic hydroxyl groups is 1. The first-order chi connectivity index (χ1) is 23.8. The van der Waals surface area contributed by atoms with Gasteiger partial charge in [0.25, 0.3) is 5.56 Å². The molecule has 3 atom stereocenters. The van der Waals surface area contributed by atoms with Crippen molar-refractivity contribution in [1.29, 1.82) is 0 Å². The van der Waals surface area contributed by atoms with E-state index >= 15 is 0 Å². The Balaban J connectivity index is 1.11. The lowest BCUT2D eigenvalue weighted by molar-refractivity contribution is -0.140. The molecule has 3 aliphatic rings. The van der Waals surface area contributed by atoms with Crippen LogP contribution in [-0.2, 0) is 35.5 Å². The highest BCUT2D eigenvalue weighted by molar-refractivity contribution is 5.71. The second-order valence-electron chi connectivity index (χ2n) is 13.1. The Morgan fingerprint density at radius 2 is 1.90 bits per heavy atom. The van der Waals surface area contributed by atoms with Crippen LogP contribution >= 0.6 is 0 Å². The number of benzene rings is 2. The number of nitrogens with zero attached hydrogens (tertiary/aromatic N) is 2. The van der Waals surface area contributed by atoms with Crippen LogP contribution in [-0.4, -0.2) is 61.1 Å². The van der Waals surface area contributed by atoms with Crippen LogP contribution in [0.3, 0.4) is 0 Å². The van der Waals surface area contributed by atoms with Crippen molar-refractivity contribution in [2.75, 3.05) is 40.5 Å². The van der Waals surface area contributed by atoms with Gasteiger partial charge in [0.15, 0.2) is 17.3 Å². The topological polar surface area (TPSA) is 130 Å². The van der Waals surface area contributed by atoms with Crippen LogP contribution in [0, 0.1) is 5.92 Å². The summed E-state index contributed by atoms with van der Waals surface area (Å²) in [6.45, 7) is 3.55. The molecule has 2 bridgehead atoms. The zero-order valence-corrected chi connectivity index (χ0v) is 27.7. The van der Waals surface area contributed by atoms with Crippen LogP contribution in [0.4, 0.5) is 0 Å². The average Bonchev–Trinajstić information content (AvgIpc) is 3.57. The van der Waals surface area contributed by atoms with Gasteiger partial charge in [-0.15, -0.1) is 0 Å². The zero-order valence-electron chi connectivity index (χ0n) is 27.7. The van der Waals surface area contributed by atoms with Gasteiger partial charge in [-0.25, -0.2) is 0 Å². The third kappa shape index (κ3) is 6.80. The number of likely N-dealkylation sites (tertiary alicyclic amines) is 1. The van der Waals surface area contributed by atoms with E-state index in [-0.39, 0.29) is 29.6 Å². The molecule has 0 unspecified atom stereocenters. The van der Waals surface area contributed by atoms with Gasteiger partial charge < -0.3 is 33.0 Å². The number of hydrogen-bond acceptors (Lipinski definition) is 10. The smallest absolute Gasteiger partial charge is 0.306 e. The number of carbonyl (C=O) groups is 1. The first kappa shape index (κ1) is 32.5. The zero-order chi connectivity index (χ0) is 34.1. The summed E-state index contributed by atoms with van der Waals surface area (Å²) in [5.74, 6) is 0.812. The summed E-state index contributed by atoms with van der Waals surface area (Å²) in [6.07, 6.45) is 2.42. The van der Waals surface area contributed by atoms with Gasteiger partial charge in [-0.1, -0.05) is 24.3 Å². The molecule has 5 heterocycles. The van der Waals surface area contributed by atoms with E-state index in [0.29, 0.717) is 62.1 Å². The van der Waals surface area contributed by atoms with E-state index in [4.69, 9.17) is 23.4 Å². The first-order valence-electron chi connectivity index (χ1n) is 16.7. The molecule has 0 spiro atoms. The Kier molecular flexibility index (Phi) is 9.18. The number of rotatable bonds is 11. The molecule has 11 heteroatoms. The summed E-state index contributed by atoms with van der Waals surface area (Å²) in [5.41, 5.74) is 3.39. The molecule has 0 aliphatic carbocycles. The van der Waals surface area contributed by atoms with Crippen LogP contribution in [0.5, 0.6) is 23.0 Å². The lowest BCUT2D eigenvalue weighted by Crippen LogP contribution is -2.46. The van der Waals surface area contributed by atoms with Gasteiger partial charge in [-0.05, 0) is 53.3 Å². The third-order valence-electron chi connectivity index (χ3n) is 9.84. The number of pyridine rings is 1. The molecule has 0 saturated carbocycles. The molecule has 0 radical (unpaired) electrons. The molecule has 1 saturated heterocycles. The van der Waals surface area contributed by atoms with Crippen molar-refractivity contribution in [2.45, 2.75) is 50.6 Å². The Labute approximate surface area is 283 Å². The highest BCUT2D eigenvalue weighted by atomic mass is 16.5. The minimum atomic E-state index is -0.837. The van der Waals surface area contributed by atoms with Gasteiger partial charge in [-0.3, -0.25) is 19.3 Å². The van der Waals surface area contributed by atoms with E-state index in [2.05, 4.69) is 11.0 Å². The Morgan fingerprint density at radius 1 is 1.02 bits per heavy atom. The van der Waals surface area contributed by atoms with Crippen molar-refractivity contribution in [2.24, 2.45) is 5.92 Å². The molecule has 11 nitrogen and oxygen atoms in total. The Hall–Kier alpha value is -5.03. The summed E-state index contributed by atoms with van der Waals surface area (Å²) in [6, 6.07) is 18.2. The maximum atomic E-state index is 13.1. The van der Waals surface area contributed by atoms with Crippen LogP contribution in [0.25, 0.3) is 0 Å². The van der Waals surface area contributed by atoms with Gasteiger partial charge in [-0.2, -0.15) is 0 Å². The Morgan fingerprint density at radius 3 is 2.73 bits per heavy atom. The van der Waals surface area contributed by atoms with Crippen molar-refractivity contribution in [3.63, 3.8) is 0 Å². The van der Waals surface area contributed by atoms with Crippen LogP contribution in [0.1, 0.15) is 58.6 Å². The van der Waals surface area contributed by atoms with Crippen LogP contribution < -0.4 is 25.2 Å². The van der Waals surface area contributed by atoms with Crippen molar-refractivity contribution in [3.05, 3.63) is 115 Å². The fourth-order valence-electron chi connectivity index (χ4n) is 7.52. The van der Waals surface area contributed by atoms with Crippen molar-refractivity contribution >= 4 is 5.97 Å². The number of ether oxygens (including phenoxy) is 4. The minimum Gasteiger partial charge on any atom is -0.502 e. The molecule has 2 aromatic heterocycles. The van der Waals surface area contributed by atoms with Crippen molar-refractivity contribution in [1.82, 2.24) is 9.47 Å². The van der Waals surface area contributed by atoms with Crippen molar-refractivity contribution < 1.29 is 33.3 Å². The van der Waals surface area contributed by atoms with Crippen molar-refractivity contribution in [3.8, 4) is 23.0 Å². The number of carbonyl (C=O) groups excluding carboxylic acids is 1. The second kappa shape index (κ2) is 13.8. The highest BCUT2D eigenvalue weighted by Gasteiger charge is 2.35. The molecule has 1 N–H and O–H groups in total. The fourth-order valence-corrected chi connectivity index (χ4v) is 7.52. The fraction of sp³-hybridized carbons (Fsp3) is 0.395. The predicted octanol–water partition coefficient (Wildman–Crippen LogP) is 4.39. The predicted molar refractivity (Wildman–Crippen MR) is 180 cm³/mol. The summed E-state index contributed by atoms with van der Waals surface area (Å²) in [7, 11) is 2.82. The summed E-state index contributed by atoms with van der Waals surface area (Å²) >= 11 is 0. The summed E-state index contributed by atoms with van der Waals surface area (Å²) in [4.78, 5) is 40.5. The number of fused-ring (bicyclic) bond motifs is 5. The van der Waals surface area contributed by atoms with E-state index in [1.165, 1.54) is 25.8 Å². The molecule has 256 valence electrons. The molecule has 0 amide bonds. The normalized spacial score (nSPS) is 18.6. The minimum absolute atomic E-state index is 0.0155. The molecule has 7 rings (SSSR count). The number of piperidine rings is 1. The highest BCUT2D eigenvalue weighted by Crippen LogP contribution is 2.39. The molecule has 49 heavy (non-hydrogen) atoms. The molecular formula is C38H40N2O9. The standard InChI is InChI=1S/C38H40N2O9/c1-45-34-16-25(7-9-33(34)48-12-10-23-6-8-32-26(14-23)11-13-47-32)29(18-36(43)46-2)38-37(44)31(41)17-28(49-38)22-39-19-24-15-27(21-39)30-4-3-5-35(42)40(30)20-24/h3-9,14,16-17,24,27,29,44H,10-13,15,18-22H2,1-2H3/t24-,27+,29+/m1/s1. The van der Waals surface area contributed by atoms with Gasteiger partial charge in [0.05, 0.1) is 46.3 Å². The lowest BCUT2D eigenvalue weighted by atomic mass is 9.83. The maximum Gasteiger partial charge on any atom is 0.306 e. The monoisotopic (exact) mass is 668 g/mol. The molecular weight excluding hydrogens is 628 g/mol. The number of methoxy groups -OCH3 is 2. The van der Waals surface area contributed by atoms with E-state index in [9.17, 15) is 19.5 Å². The van der Waals surface area contributed by atoms with E-state index in [1.807, 2.05) is 22.8 Å². The van der Waals surface area contributed by atoms with E-state index < -0.39 is 23.1 Å².